The summed E-state index contributed by atoms with van der Waals surface area (Å²) in [7, 11) is 0. The summed E-state index contributed by atoms with van der Waals surface area (Å²) in [6.07, 6.45) is 0.821. The van der Waals surface area contributed by atoms with Gasteiger partial charge in [0.15, 0.2) is 11.5 Å². The predicted octanol–water partition coefficient (Wildman–Crippen LogP) is 3.31. The maximum absolute atomic E-state index is 12.6. The molecule has 1 N–H and O–H groups in total. The SMILES string of the molecule is C[C@@H]1Oc2c(C(=O)NCCc3ccc4c(c3)OCCO4)cccc2[C@H]1C. The zero-order valence-electron chi connectivity index (χ0n) is 15.1. The summed E-state index contributed by atoms with van der Waals surface area (Å²) in [5.74, 6) is 2.49. The third-order valence-electron chi connectivity index (χ3n) is 5.09. The molecule has 0 saturated carbocycles. The van der Waals surface area contributed by atoms with Crippen LogP contribution in [-0.2, 0) is 6.42 Å². The second-order valence-corrected chi connectivity index (χ2v) is 6.82. The van der Waals surface area contributed by atoms with Crippen LogP contribution >= 0.6 is 0 Å². The average Bonchev–Trinajstić information content (AvgIpc) is 2.96. The van der Waals surface area contributed by atoms with Crippen molar-refractivity contribution in [3.05, 3.63) is 53.1 Å². The number of hydrogen-bond donors (Lipinski definition) is 1. The van der Waals surface area contributed by atoms with E-state index in [-0.39, 0.29) is 12.0 Å². The molecule has 2 aliphatic heterocycles. The van der Waals surface area contributed by atoms with Gasteiger partial charge in [-0.3, -0.25) is 4.79 Å². The first-order valence-electron chi connectivity index (χ1n) is 9.10. The van der Waals surface area contributed by atoms with Crippen LogP contribution in [0.4, 0.5) is 0 Å². The van der Waals surface area contributed by atoms with Crippen LogP contribution in [-0.4, -0.2) is 31.8 Å². The van der Waals surface area contributed by atoms with E-state index >= 15 is 0 Å². The lowest BCUT2D eigenvalue weighted by Crippen LogP contribution is -2.26. The molecule has 2 aromatic carbocycles. The van der Waals surface area contributed by atoms with Crippen LogP contribution in [0.15, 0.2) is 36.4 Å². The molecule has 2 atom stereocenters. The minimum atomic E-state index is -0.0966. The number of benzene rings is 2. The molecular formula is C21H23NO4. The highest BCUT2D eigenvalue weighted by molar-refractivity contribution is 5.97. The summed E-state index contributed by atoms with van der Waals surface area (Å²) in [5, 5.41) is 3.00. The first kappa shape index (κ1) is 16.8. The van der Waals surface area contributed by atoms with Crippen molar-refractivity contribution in [3.8, 4) is 17.2 Å². The van der Waals surface area contributed by atoms with Crippen molar-refractivity contribution in [1.82, 2.24) is 5.32 Å². The molecule has 0 unspecified atom stereocenters. The van der Waals surface area contributed by atoms with Crippen LogP contribution in [0.5, 0.6) is 17.2 Å². The fraction of sp³-hybridized carbons (Fsp3) is 0.381. The monoisotopic (exact) mass is 353 g/mol. The Kier molecular flexibility index (Phi) is 4.45. The predicted molar refractivity (Wildman–Crippen MR) is 98.4 cm³/mol. The van der Waals surface area contributed by atoms with Crippen molar-refractivity contribution in [2.45, 2.75) is 32.3 Å². The van der Waals surface area contributed by atoms with Gasteiger partial charge in [0, 0.05) is 18.0 Å². The minimum Gasteiger partial charge on any atom is -0.489 e. The summed E-state index contributed by atoms with van der Waals surface area (Å²) in [5.41, 5.74) is 2.82. The first-order valence-corrected chi connectivity index (χ1v) is 9.10. The summed E-state index contributed by atoms with van der Waals surface area (Å²) >= 11 is 0. The Labute approximate surface area is 153 Å². The van der Waals surface area contributed by atoms with E-state index in [2.05, 4.69) is 12.2 Å². The van der Waals surface area contributed by atoms with Gasteiger partial charge in [-0.1, -0.05) is 25.1 Å². The van der Waals surface area contributed by atoms with Crippen molar-refractivity contribution in [1.29, 1.82) is 0 Å². The number of amides is 1. The molecule has 0 aliphatic carbocycles. The highest BCUT2D eigenvalue weighted by Gasteiger charge is 2.30. The smallest absolute Gasteiger partial charge is 0.255 e. The Morgan fingerprint density at radius 1 is 1.12 bits per heavy atom. The number of hydrogen-bond acceptors (Lipinski definition) is 4. The molecule has 2 aliphatic rings. The zero-order chi connectivity index (χ0) is 18.1. The summed E-state index contributed by atoms with van der Waals surface area (Å²) < 4.78 is 17.0. The fourth-order valence-corrected chi connectivity index (χ4v) is 3.42. The molecule has 0 bridgehead atoms. The lowest BCUT2D eigenvalue weighted by molar-refractivity contribution is 0.0949. The molecule has 0 radical (unpaired) electrons. The Bertz CT molecular complexity index is 833. The Morgan fingerprint density at radius 2 is 1.92 bits per heavy atom. The molecule has 2 aromatic rings. The lowest BCUT2D eigenvalue weighted by atomic mass is 9.97. The van der Waals surface area contributed by atoms with E-state index in [1.807, 2.05) is 43.3 Å². The molecule has 5 nitrogen and oxygen atoms in total. The van der Waals surface area contributed by atoms with Gasteiger partial charge >= 0.3 is 0 Å². The molecular weight excluding hydrogens is 330 g/mol. The van der Waals surface area contributed by atoms with Crippen molar-refractivity contribution in [2.75, 3.05) is 19.8 Å². The summed E-state index contributed by atoms with van der Waals surface area (Å²) in [6.45, 7) is 5.87. The molecule has 1 amide bonds. The highest BCUT2D eigenvalue weighted by atomic mass is 16.6. The topological polar surface area (TPSA) is 56.8 Å². The number of carbonyl (C=O) groups is 1. The number of rotatable bonds is 4. The maximum Gasteiger partial charge on any atom is 0.255 e. The second-order valence-electron chi connectivity index (χ2n) is 6.82. The standard InChI is InChI=1S/C21H23NO4/c1-13-14(2)26-20-16(13)4-3-5-17(20)21(23)22-9-8-15-6-7-18-19(12-15)25-11-10-24-18/h3-7,12-14H,8-11H2,1-2H3,(H,22,23)/t13-,14-/m0/s1. The lowest BCUT2D eigenvalue weighted by Gasteiger charge is -2.19. The van der Waals surface area contributed by atoms with Gasteiger partial charge in [-0.05, 0) is 37.1 Å². The Morgan fingerprint density at radius 3 is 2.77 bits per heavy atom. The Hall–Kier alpha value is -2.69. The maximum atomic E-state index is 12.6. The van der Waals surface area contributed by atoms with Crippen LogP contribution in [0.3, 0.4) is 0 Å². The second kappa shape index (κ2) is 6.90. The van der Waals surface area contributed by atoms with Gasteiger partial charge in [0.1, 0.15) is 25.1 Å². The molecule has 136 valence electrons. The van der Waals surface area contributed by atoms with E-state index in [1.165, 1.54) is 0 Å². The van der Waals surface area contributed by atoms with Gasteiger partial charge in [0.2, 0.25) is 0 Å². The molecule has 0 spiro atoms. The fourth-order valence-electron chi connectivity index (χ4n) is 3.42. The summed E-state index contributed by atoms with van der Waals surface area (Å²) in [4.78, 5) is 12.6. The molecule has 0 fully saturated rings. The number of fused-ring (bicyclic) bond motifs is 2. The Balaban J connectivity index is 1.40. The van der Waals surface area contributed by atoms with Crippen LogP contribution in [0.1, 0.15) is 41.3 Å². The van der Waals surface area contributed by atoms with Gasteiger partial charge in [0.05, 0.1) is 5.56 Å². The van der Waals surface area contributed by atoms with E-state index in [4.69, 9.17) is 14.2 Å². The van der Waals surface area contributed by atoms with Gasteiger partial charge in [0.25, 0.3) is 5.91 Å². The van der Waals surface area contributed by atoms with Gasteiger partial charge in [-0.25, -0.2) is 0 Å². The third kappa shape index (κ3) is 3.09. The van der Waals surface area contributed by atoms with Crippen LogP contribution in [0, 0.1) is 0 Å². The summed E-state index contributed by atoms with van der Waals surface area (Å²) in [6, 6.07) is 11.7. The van der Waals surface area contributed by atoms with E-state index in [0.29, 0.717) is 31.2 Å². The van der Waals surface area contributed by atoms with E-state index < -0.39 is 0 Å². The van der Waals surface area contributed by atoms with Crippen LogP contribution in [0.2, 0.25) is 0 Å². The van der Waals surface area contributed by atoms with Crippen molar-refractivity contribution < 1.29 is 19.0 Å². The van der Waals surface area contributed by atoms with Gasteiger partial charge < -0.3 is 19.5 Å². The van der Waals surface area contributed by atoms with E-state index in [0.717, 1.165) is 34.8 Å². The highest BCUT2D eigenvalue weighted by Crippen LogP contribution is 2.40. The van der Waals surface area contributed by atoms with Crippen molar-refractivity contribution >= 4 is 5.91 Å². The third-order valence-corrected chi connectivity index (χ3v) is 5.09. The minimum absolute atomic E-state index is 0.0941. The van der Waals surface area contributed by atoms with Gasteiger partial charge in [-0.15, -0.1) is 0 Å². The molecule has 0 saturated heterocycles. The van der Waals surface area contributed by atoms with Crippen molar-refractivity contribution in [3.63, 3.8) is 0 Å². The zero-order valence-corrected chi connectivity index (χ0v) is 15.1. The number of para-hydroxylation sites is 1. The van der Waals surface area contributed by atoms with E-state index in [1.54, 1.807) is 0 Å². The number of ether oxygens (including phenoxy) is 3. The van der Waals surface area contributed by atoms with E-state index in [9.17, 15) is 4.79 Å². The average molecular weight is 353 g/mol. The normalized spacial score (nSPS) is 20.2. The molecule has 4 rings (SSSR count). The molecule has 26 heavy (non-hydrogen) atoms. The number of carbonyl (C=O) groups excluding carboxylic acids is 1. The quantitative estimate of drug-likeness (QED) is 0.916. The molecule has 0 aromatic heterocycles. The van der Waals surface area contributed by atoms with Crippen molar-refractivity contribution in [2.24, 2.45) is 0 Å². The van der Waals surface area contributed by atoms with Crippen LogP contribution < -0.4 is 19.5 Å². The first-order chi connectivity index (χ1) is 12.6. The number of nitrogens with one attached hydrogen (secondary N) is 1. The molecule has 2 heterocycles. The van der Waals surface area contributed by atoms with Crippen LogP contribution in [0.25, 0.3) is 0 Å². The van der Waals surface area contributed by atoms with Gasteiger partial charge in [-0.2, -0.15) is 0 Å². The largest absolute Gasteiger partial charge is 0.489 e. The molecule has 5 heteroatoms.